The Morgan fingerprint density at radius 1 is 1.23 bits per heavy atom. The van der Waals surface area contributed by atoms with Crippen molar-refractivity contribution < 1.29 is 9.18 Å². The minimum absolute atomic E-state index is 0.0999. The van der Waals surface area contributed by atoms with Crippen LogP contribution in [0.25, 0.3) is 11.3 Å². The number of amides is 2. The first kappa shape index (κ1) is 19.8. The van der Waals surface area contributed by atoms with Gasteiger partial charge in [0.05, 0.1) is 29.5 Å². The van der Waals surface area contributed by atoms with Crippen molar-refractivity contribution in [1.29, 1.82) is 0 Å². The number of carbonyl (C=O) groups is 1. The third kappa shape index (κ3) is 3.94. The van der Waals surface area contributed by atoms with Crippen molar-refractivity contribution in [3.05, 3.63) is 60.4 Å². The van der Waals surface area contributed by atoms with Crippen molar-refractivity contribution in [2.45, 2.75) is 26.3 Å². The second-order valence-electron chi connectivity index (χ2n) is 7.48. The van der Waals surface area contributed by atoms with Gasteiger partial charge >= 0.3 is 6.03 Å². The van der Waals surface area contributed by atoms with Crippen molar-refractivity contribution in [3.8, 4) is 11.3 Å². The van der Waals surface area contributed by atoms with Gasteiger partial charge in [-0.1, -0.05) is 0 Å². The highest BCUT2D eigenvalue weighted by Gasteiger charge is 2.30. The molecule has 3 aromatic heterocycles. The lowest BCUT2D eigenvalue weighted by atomic mass is 10.1. The van der Waals surface area contributed by atoms with Crippen molar-refractivity contribution >= 4 is 23.2 Å². The van der Waals surface area contributed by atoms with E-state index in [0.717, 1.165) is 41.8 Å². The largest absolute Gasteiger partial charge is 0.372 e. The van der Waals surface area contributed by atoms with Crippen LogP contribution in [0.1, 0.15) is 19.0 Å². The standard InChI is InChI=1S/C22H23FN6O/c1-14-10-16(6-8-25-14)19-4-5-20-21(27-19)29(15(2)7-9-28(20)3)22(30)26-18-11-17(23)12-24-13-18/h4-6,8,10-13,15H,7,9H2,1-3H3,(H,26,30)/t15-/m1/s1. The maximum Gasteiger partial charge on any atom is 0.327 e. The summed E-state index contributed by atoms with van der Waals surface area (Å²) in [7, 11) is 1.99. The zero-order valence-corrected chi connectivity index (χ0v) is 17.1. The van der Waals surface area contributed by atoms with E-state index in [1.54, 1.807) is 11.1 Å². The van der Waals surface area contributed by atoms with Crippen molar-refractivity contribution in [3.63, 3.8) is 0 Å². The molecular weight excluding hydrogens is 383 g/mol. The number of rotatable bonds is 2. The molecule has 0 spiro atoms. The Hall–Kier alpha value is -3.55. The van der Waals surface area contributed by atoms with E-state index in [0.29, 0.717) is 11.5 Å². The predicted molar refractivity (Wildman–Crippen MR) is 115 cm³/mol. The van der Waals surface area contributed by atoms with Crippen LogP contribution in [0.4, 0.5) is 26.4 Å². The Balaban J connectivity index is 1.76. The number of nitrogens with one attached hydrogen (secondary N) is 1. The molecule has 7 nitrogen and oxygen atoms in total. The molecule has 0 radical (unpaired) electrons. The first-order valence-corrected chi connectivity index (χ1v) is 9.78. The molecule has 4 heterocycles. The van der Waals surface area contributed by atoms with E-state index >= 15 is 0 Å². The summed E-state index contributed by atoms with van der Waals surface area (Å²) in [5.41, 5.74) is 3.74. The minimum atomic E-state index is -0.509. The number of fused-ring (bicyclic) bond motifs is 1. The van der Waals surface area contributed by atoms with Crippen LogP contribution in [0.3, 0.4) is 0 Å². The van der Waals surface area contributed by atoms with Gasteiger partial charge in [0.2, 0.25) is 0 Å². The fraction of sp³-hybridized carbons (Fsp3) is 0.273. The van der Waals surface area contributed by atoms with Crippen molar-refractivity contribution in [2.24, 2.45) is 0 Å². The van der Waals surface area contributed by atoms with Gasteiger partial charge in [0.25, 0.3) is 0 Å². The zero-order valence-electron chi connectivity index (χ0n) is 17.1. The number of aryl methyl sites for hydroxylation is 1. The fourth-order valence-electron chi connectivity index (χ4n) is 3.58. The van der Waals surface area contributed by atoms with E-state index in [1.807, 2.05) is 45.2 Å². The summed E-state index contributed by atoms with van der Waals surface area (Å²) in [6, 6.07) is 8.56. The molecule has 0 aromatic carbocycles. The highest BCUT2D eigenvalue weighted by Crippen LogP contribution is 2.35. The number of urea groups is 1. The summed E-state index contributed by atoms with van der Waals surface area (Å²) in [6.07, 6.45) is 5.03. The average Bonchev–Trinajstić information content (AvgIpc) is 2.84. The molecule has 0 saturated heterocycles. The van der Waals surface area contributed by atoms with Crippen LogP contribution in [-0.2, 0) is 0 Å². The summed E-state index contributed by atoms with van der Waals surface area (Å²) in [5, 5.41) is 2.75. The molecule has 8 heteroatoms. The maximum atomic E-state index is 13.5. The molecule has 154 valence electrons. The van der Waals surface area contributed by atoms with Gasteiger partial charge < -0.3 is 10.2 Å². The van der Waals surface area contributed by atoms with Gasteiger partial charge in [0.15, 0.2) is 5.82 Å². The molecular formula is C22H23FN6O. The van der Waals surface area contributed by atoms with Crippen LogP contribution < -0.4 is 15.1 Å². The Morgan fingerprint density at radius 3 is 2.83 bits per heavy atom. The number of aromatic nitrogens is 3. The molecule has 0 aliphatic carbocycles. The van der Waals surface area contributed by atoms with Crippen molar-refractivity contribution in [1.82, 2.24) is 15.0 Å². The summed E-state index contributed by atoms with van der Waals surface area (Å²) in [6.45, 7) is 4.70. The quantitative estimate of drug-likeness (QED) is 0.689. The normalized spacial score (nSPS) is 16.1. The molecule has 4 rings (SSSR count). The fourth-order valence-corrected chi connectivity index (χ4v) is 3.58. The van der Waals surface area contributed by atoms with Gasteiger partial charge in [-0.05, 0) is 44.5 Å². The SMILES string of the molecule is Cc1cc(-c2ccc3c(n2)N(C(=O)Nc2cncc(F)c2)[C@H](C)CCN3C)ccn1. The van der Waals surface area contributed by atoms with E-state index in [-0.39, 0.29) is 12.1 Å². The lowest BCUT2D eigenvalue weighted by Gasteiger charge is -2.28. The van der Waals surface area contributed by atoms with Crippen molar-refractivity contribution in [2.75, 3.05) is 28.7 Å². The van der Waals surface area contributed by atoms with E-state index in [4.69, 9.17) is 4.98 Å². The molecule has 1 N–H and O–H groups in total. The number of nitrogens with zero attached hydrogens (tertiary/aromatic N) is 5. The topological polar surface area (TPSA) is 74.2 Å². The van der Waals surface area contributed by atoms with Gasteiger partial charge in [0.1, 0.15) is 5.82 Å². The maximum absolute atomic E-state index is 13.5. The van der Waals surface area contributed by atoms with E-state index in [9.17, 15) is 9.18 Å². The first-order valence-electron chi connectivity index (χ1n) is 9.78. The van der Waals surface area contributed by atoms with Gasteiger partial charge in [0, 0.05) is 43.2 Å². The van der Waals surface area contributed by atoms with E-state index < -0.39 is 5.82 Å². The lowest BCUT2D eigenvalue weighted by molar-refractivity contribution is 0.255. The molecule has 0 unspecified atom stereocenters. The van der Waals surface area contributed by atoms with Crippen LogP contribution in [0.2, 0.25) is 0 Å². The summed E-state index contributed by atoms with van der Waals surface area (Å²) < 4.78 is 13.5. The smallest absolute Gasteiger partial charge is 0.327 e. The lowest BCUT2D eigenvalue weighted by Crippen LogP contribution is -2.42. The van der Waals surface area contributed by atoms with Gasteiger partial charge in [-0.2, -0.15) is 0 Å². The molecule has 1 atom stereocenters. The number of anilines is 3. The van der Waals surface area contributed by atoms with Crippen LogP contribution >= 0.6 is 0 Å². The van der Waals surface area contributed by atoms with E-state index in [2.05, 4.69) is 20.2 Å². The van der Waals surface area contributed by atoms with E-state index in [1.165, 1.54) is 12.3 Å². The Bertz CT molecular complexity index is 1090. The number of hydrogen-bond acceptors (Lipinski definition) is 5. The predicted octanol–water partition coefficient (Wildman–Crippen LogP) is 4.25. The number of carbonyl (C=O) groups excluding carboxylic acids is 1. The van der Waals surface area contributed by atoms with Gasteiger partial charge in [-0.3, -0.25) is 14.9 Å². The molecule has 2 amide bonds. The second-order valence-corrected chi connectivity index (χ2v) is 7.48. The number of hydrogen-bond donors (Lipinski definition) is 1. The summed E-state index contributed by atoms with van der Waals surface area (Å²) in [4.78, 5) is 29.8. The van der Waals surface area contributed by atoms with Crippen LogP contribution in [0.15, 0.2) is 48.9 Å². The average molecular weight is 406 g/mol. The number of pyridine rings is 3. The van der Waals surface area contributed by atoms with Gasteiger partial charge in [-0.15, -0.1) is 0 Å². The molecule has 0 saturated carbocycles. The molecule has 30 heavy (non-hydrogen) atoms. The van der Waals surface area contributed by atoms with Gasteiger partial charge in [-0.25, -0.2) is 14.2 Å². The number of halogens is 1. The second kappa shape index (κ2) is 8.06. The third-order valence-corrected chi connectivity index (χ3v) is 5.18. The summed E-state index contributed by atoms with van der Waals surface area (Å²) >= 11 is 0. The Kier molecular flexibility index (Phi) is 5.31. The Morgan fingerprint density at radius 2 is 2.07 bits per heavy atom. The molecule has 0 bridgehead atoms. The van der Waals surface area contributed by atoms with Crippen LogP contribution in [0, 0.1) is 12.7 Å². The molecule has 3 aromatic rings. The first-order chi connectivity index (χ1) is 14.4. The highest BCUT2D eigenvalue weighted by atomic mass is 19.1. The highest BCUT2D eigenvalue weighted by molar-refractivity contribution is 6.03. The zero-order chi connectivity index (χ0) is 21.3. The Labute approximate surface area is 174 Å². The molecule has 1 aliphatic heterocycles. The minimum Gasteiger partial charge on any atom is -0.372 e. The summed E-state index contributed by atoms with van der Waals surface area (Å²) in [5.74, 6) is 0.0571. The third-order valence-electron chi connectivity index (χ3n) is 5.18. The van der Waals surface area contributed by atoms with Crippen LogP contribution in [0.5, 0.6) is 0 Å². The molecule has 1 aliphatic rings. The van der Waals surface area contributed by atoms with Crippen LogP contribution in [-0.4, -0.2) is 40.6 Å². The molecule has 0 fully saturated rings. The monoisotopic (exact) mass is 406 g/mol.